The smallest absolute Gasteiger partial charge is 0.423 e. The molecule has 7 N–H and O–H groups in total. The predicted molar refractivity (Wildman–Crippen MR) is 204 cm³/mol. The van der Waals surface area contributed by atoms with Crippen LogP contribution in [-0.2, 0) is 0 Å². The van der Waals surface area contributed by atoms with Crippen LogP contribution < -0.4 is 22.5 Å². The summed E-state index contributed by atoms with van der Waals surface area (Å²) in [5.41, 5.74) is 15.7. The van der Waals surface area contributed by atoms with Crippen molar-refractivity contribution in [3.8, 4) is 11.1 Å². The van der Waals surface area contributed by atoms with Crippen molar-refractivity contribution < 1.29 is 19.6 Å². The van der Waals surface area contributed by atoms with Gasteiger partial charge in [-0.15, -0.1) is 0 Å². The minimum absolute atomic E-state index is 0.0267. The molecule has 0 aliphatic heterocycles. The average molecular weight is 681 g/mol. The number of aromatic amines is 1. The zero-order valence-electron chi connectivity index (χ0n) is 28.3. The van der Waals surface area contributed by atoms with E-state index in [1.807, 2.05) is 85.8 Å². The molecule has 12 heteroatoms. The highest BCUT2D eigenvalue weighted by Crippen LogP contribution is 2.27. The minimum Gasteiger partial charge on any atom is -0.423 e. The molecule has 7 aromatic rings. The van der Waals surface area contributed by atoms with Gasteiger partial charge in [0, 0.05) is 46.1 Å². The van der Waals surface area contributed by atoms with Gasteiger partial charge in [-0.25, -0.2) is 15.0 Å². The highest BCUT2D eigenvalue weighted by atomic mass is 16.4. The molecule has 0 amide bonds. The number of fused-ring (bicyclic) bond motifs is 3. The molecule has 0 atom stereocenters. The van der Waals surface area contributed by atoms with Gasteiger partial charge in [-0.2, -0.15) is 0 Å². The quantitative estimate of drug-likeness (QED) is 0.0941. The number of hydrogen-bond donors (Lipinski definition) is 5. The lowest BCUT2D eigenvalue weighted by molar-refractivity contribution is 0.101. The number of benzene rings is 3. The monoisotopic (exact) mass is 680 g/mol. The maximum atomic E-state index is 11.7. The van der Waals surface area contributed by atoms with Crippen LogP contribution in [0.3, 0.4) is 0 Å². The Labute approximate surface area is 294 Å². The Morgan fingerprint density at radius 3 is 1.71 bits per heavy atom. The van der Waals surface area contributed by atoms with Gasteiger partial charge in [0.2, 0.25) is 0 Å². The molecule has 3 aromatic carbocycles. The molecule has 0 aliphatic rings. The number of rotatable bonds is 4. The number of carbonyl (C=O) groups excluding carboxylic acids is 2. The van der Waals surface area contributed by atoms with Gasteiger partial charge in [0.05, 0.1) is 0 Å². The highest BCUT2D eigenvalue weighted by Gasteiger charge is 2.17. The molecule has 256 valence electrons. The number of ketones is 2. The summed E-state index contributed by atoms with van der Waals surface area (Å²) in [4.78, 5) is 48.9. The Bertz CT molecular complexity index is 2320. The average Bonchev–Trinajstić information content (AvgIpc) is 3.14. The third kappa shape index (κ3) is 9.79. The van der Waals surface area contributed by atoms with Crippen molar-refractivity contribution in [1.82, 2.24) is 19.9 Å². The number of aryl methyl sites for hydroxylation is 1. The van der Waals surface area contributed by atoms with Crippen LogP contribution in [0, 0.1) is 6.92 Å². The van der Waals surface area contributed by atoms with Crippen molar-refractivity contribution in [2.24, 2.45) is 0 Å². The number of nitrogens with one attached hydrogen (secondary N) is 1. The Kier molecular flexibility index (Phi) is 13.0. The first-order chi connectivity index (χ1) is 24.5. The van der Waals surface area contributed by atoms with Gasteiger partial charge in [-0.1, -0.05) is 72.8 Å². The van der Waals surface area contributed by atoms with Crippen LogP contribution in [0.5, 0.6) is 0 Å². The summed E-state index contributed by atoms with van der Waals surface area (Å²) in [5.74, 6) is 0.918. The molecular formula is C39H37BN6O5. The number of anilines is 2. The number of nitrogen functional groups attached to an aromatic ring is 2. The van der Waals surface area contributed by atoms with Crippen LogP contribution in [0.2, 0.25) is 0 Å². The van der Waals surface area contributed by atoms with E-state index >= 15 is 0 Å². The summed E-state index contributed by atoms with van der Waals surface area (Å²) in [7, 11) is -1.58. The van der Waals surface area contributed by atoms with Gasteiger partial charge in [-0.3, -0.25) is 14.4 Å². The van der Waals surface area contributed by atoms with Gasteiger partial charge < -0.3 is 26.5 Å². The summed E-state index contributed by atoms with van der Waals surface area (Å²) in [6.07, 6.45) is 4.99. The SMILES string of the molecule is CC(=O)c1ccccc1-c1cccnc1N.CC(=O)c1ccccc1B(O)O.Cc1cccnc1N.O=c1[nH]c2ncccc2c2ccccc12. The van der Waals surface area contributed by atoms with Crippen LogP contribution in [-0.4, -0.2) is 48.7 Å². The molecule has 4 aromatic heterocycles. The summed E-state index contributed by atoms with van der Waals surface area (Å²) >= 11 is 0. The molecule has 0 saturated heterocycles. The van der Waals surface area contributed by atoms with Gasteiger partial charge in [0.25, 0.3) is 5.56 Å². The fraction of sp³-hybridized carbons (Fsp3) is 0.0769. The number of nitrogens with two attached hydrogens (primary N) is 2. The van der Waals surface area contributed by atoms with Crippen LogP contribution >= 0.6 is 0 Å². The summed E-state index contributed by atoms with van der Waals surface area (Å²) < 4.78 is 0. The molecule has 11 nitrogen and oxygen atoms in total. The Morgan fingerprint density at radius 1 is 0.608 bits per heavy atom. The number of Topliss-reactive ketones (excluding diaryl/α,β-unsaturated/α-hetero) is 2. The fourth-order valence-electron chi connectivity index (χ4n) is 5.02. The molecule has 0 saturated carbocycles. The first-order valence-corrected chi connectivity index (χ1v) is 15.8. The highest BCUT2D eigenvalue weighted by molar-refractivity contribution is 6.60. The third-order valence-corrected chi connectivity index (χ3v) is 7.60. The molecule has 7 rings (SSSR count). The maximum absolute atomic E-state index is 11.7. The van der Waals surface area contributed by atoms with E-state index in [9.17, 15) is 14.4 Å². The molecule has 0 unspecified atom stereocenters. The Morgan fingerprint density at radius 2 is 1.12 bits per heavy atom. The molecule has 0 bridgehead atoms. The topological polar surface area (TPSA) is 198 Å². The second kappa shape index (κ2) is 17.8. The number of pyridine rings is 4. The number of aromatic nitrogens is 4. The van der Waals surface area contributed by atoms with Crippen molar-refractivity contribution in [1.29, 1.82) is 0 Å². The van der Waals surface area contributed by atoms with E-state index in [-0.39, 0.29) is 22.6 Å². The fourth-order valence-corrected chi connectivity index (χ4v) is 5.02. The molecule has 51 heavy (non-hydrogen) atoms. The van der Waals surface area contributed by atoms with Crippen LogP contribution in [0.1, 0.15) is 40.1 Å². The van der Waals surface area contributed by atoms with Crippen molar-refractivity contribution >= 4 is 57.6 Å². The molecule has 0 fully saturated rings. The zero-order chi connectivity index (χ0) is 36.9. The lowest BCUT2D eigenvalue weighted by atomic mass is 9.76. The number of hydrogen-bond acceptors (Lipinski definition) is 10. The normalized spacial score (nSPS) is 10.1. The summed E-state index contributed by atoms with van der Waals surface area (Å²) in [6, 6.07) is 32.7. The predicted octanol–water partition coefficient (Wildman–Crippen LogP) is 5.15. The van der Waals surface area contributed by atoms with Crippen molar-refractivity contribution in [2.75, 3.05) is 11.5 Å². The first kappa shape index (κ1) is 37.3. The standard InChI is InChI=1S/C13H12N2O.C12H8N2O.C8H9BO3.C6H8N2/c1-9(16)10-5-2-3-6-11(10)12-7-4-8-15-13(12)14;15-12-10-5-2-1-4-8(10)9-6-3-7-13-11(9)14-12;1-6(10)7-4-2-3-5-8(7)9(11)12;1-5-3-2-4-8-6(5)7/h2-8H,1H3,(H2,14,15);1-7H,(H,13,14,15);2-5,11-12H,1H3;2-4H,1H3,(H2,7,8). The van der Waals surface area contributed by atoms with Crippen molar-refractivity contribution in [3.05, 3.63) is 155 Å². The van der Waals surface area contributed by atoms with Gasteiger partial charge in [0.15, 0.2) is 11.6 Å². The molecule has 0 radical (unpaired) electrons. The maximum Gasteiger partial charge on any atom is 0.489 e. The van der Waals surface area contributed by atoms with E-state index in [4.69, 9.17) is 21.5 Å². The first-order valence-electron chi connectivity index (χ1n) is 15.8. The number of H-pyrrole nitrogens is 1. The zero-order valence-corrected chi connectivity index (χ0v) is 28.3. The summed E-state index contributed by atoms with van der Waals surface area (Å²) in [6.45, 7) is 4.87. The molecule has 0 aliphatic carbocycles. The lowest BCUT2D eigenvalue weighted by Crippen LogP contribution is -2.34. The molecule has 0 spiro atoms. The van der Waals surface area contributed by atoms with Crippen LogP contribution in [0.4, 0.5) is 11.6 Å². The van der Waals surface area contributed by atoms with E-state index in [1.165, 1.54) is 13.0 Å². The third-order valence-electron chi connectivity index (χ3n) is 7.60. The lowest BCUT2D eigenvalue weighted by Gasteiger charge is -2.08. The second-order valence-electron chi connectivity index (χ2n) is 11.2. The molecular weight excluding hydrogens is 643 g/mol. The Balaban J connectivity index is 0.000000157. The molecule has 4 heterocycles. The van der Waals surface area contributed by atoms with Crippen molar-refractivity contribution in [3.63, 3.8) is 0 Å². The van der Waals surface area contributed by atoms with Crippen molar-refractivity contribution in [2.45, 2.75) is 20.8 Å². The number of carbonyl (C=O) groups is 2. The minimum atomic E-state index is -1.58. The summed E-state index contributed by atoms with van der Waals surface area (Å²) in [5, 5.41) is 20.3. The van der Waals surface area contributed by atoms with E-state index < -0.39 is 7.12 Å². The van der Waals surface area contributed by atoms with Crippen LogP contribution in [0.25, 0.3) is 32.9 Å². The van der Waals surface area contributed by atoms with E-state index in [1.54, 1.807) is 49.8 Å². The van der Waals surface area contributed by atoms with Gasteiger partial charge >= 0.3 is 7.12 Å². The second-order valence-corrected chi connectivity index (χ2v) is 11.2. The largest absolute Gasteiger partial charge is 0.489 e. The van der Waals surface area contributed by atoms with E-state index in [0.29, 0.717) is 33.8 Å². The van der Waals surface area contributed by atoms with Gasteiger partial charge in [0.1, 0.15) is 17.3 Å². The Hall–Kier alpha value is -6.50. The van der Waals surface area contributed by atoms with E-state index in [0.717, 1.165) is 27.5 Å². The van der Waals surface area contributed by atoms with E-state index in [2.05, 4.69) is 19.9 Å². The number of nitrogens with zero attached hydrogens (tertiary/aromatic N) is 3. The van der Waals surface area contributed by atoms with Gasteiger partial charge in [-0.05, 0) is 79.1 Å². The van der Waals surface area contributed by atoms with Crippen LogP contribution in [0.15, 0.2) is 133 Å².